The Balaban J connectivity index is 1.61. The molecule has 0 spiro atoms. The molecule has 0 aliphatic heterocycles. The van der Waals surface area contributed by atoms with E-state index in [0.29, 0.717) is 24.9 Å². The Morgan fingerprint density at radius 1 is 1.39 bits per heavy atom. The van der Waals surface area contributed by atoms with E-state index in [1.807, 2.05) is 17.0 Å². The first-order chi connectivity index (χ1) is 8.83. The molecule has 0 N–H and O–H groups in total. The van der Waals surface area contributed by atoms with Crippen molar-refractivity contribution in [2.75, 3.05) is 0 Å². The number of carbonyl (C=O) groups is 1. The fraction of sp³-hybridized carbons (Fsp3) is 0.533. The molecule has 1 aromatic rings. The summed E-state index contributed by atoms with van der Waals surface area (Å²) in [4.78, 5) is 14.4. The van der Waals surface area contributed by atoms with Gasteiger partial charge in [0.2, 0.25) is 5.91 Å². The lowest BCUT2D eigenvalue weighted by atomic mass is 10.0. The SMILES string of the molecule is O=C(C[C@@H]1C=CCC1)N(Cc1ccco1)C1CC1. The van der Waals surface area contributed by atoms with Gasteiger partial charge >= 0.3 is 0 Å². The monoisotopic (exact) mass is 245 g/mol. The van der Waals surface area contributed by atoms with Crippen molar-refractivity contribution in [1.29, 1.82) is 0 Å². The van der Waals surface area contributed by atoms with Crippen molar-refractivity contribution in [3.05, 3.63) is 36.3 Å². The Hall–Kier alpha value is -1.51. The van der Waals surface area contributed by atoms with Gasteiger partial charge in [-0.3, -0.25) is 4.79 Å². The van der Waals surface area contributed by atoms with E-state index in [1.165, 1.54) is 0 Å². The van der Waals surface area contributed by atoms with Crippen molar-refractivity contribution in [3.63, 3.8) is 0 Å². The highest BCUT2D eigenvalue weighted by atomic mass is 16.3. The van der Waals surface area contributed by atoms with Gasteiger partial charge in [0.05, 0.1) is 12.8 Å². The van der Waals surface area contributed by atoms with Crippen molar-refractivity contribution in [2.45, 2.75) is 44.7 Å². The number of amides is 1. The van der Waals surface area contributed by atoms with Crippen molar-refractivity contribution in [2.24, 2.45) is 5.92 Å². The predicted octanol–water partition coefficient (Wildman–Crippen LogP) is 3.13. The molecule has 2 aliphatic rings. The van der Waals surface area contributed by atoms with E-state index in [9.17, 15) is 4.79 Å². The van der Waals surface area contributed by atoms with Gasteiger partial charge in [0.25, 0.3) is 0 Å². The highest BCUT2D eigenvalue weighted by molar-refractivity contribution is 5.77. The van der Waals surface area contributed by atoms with Crippen LogP contribution in [-0.2, 0) is 11.3 Å². The predicted molar refractivity (Wildman–Crippen MR) is 68.8 cm³/mol. The average Bonchev–Trinajstić information content (AvgIpc) is 2.87. The molecular formula is C15H19NO2. The second-order valence-electron chi connectivity index (χ2n) is 5.30. The first-order valence-electron chi connectivity index (χ1n) is 6.81. The summed E-state index contributed by atoms with van der Waals surface area (Å²) in [5, 5.41) is 0. The van der Waals surface area contributed by atoms with Crippen LogP contribution in [0.3, 0.4) is 0 Å². The summed E-state index contributed by atoms with van der Waals surface area (Å²) < 4.78 is 5.35. The average molecular weight is 245 g/mol. The molecule has 0 bridgehead atoms. The minimum Gasteiger partial charge on any atom is -0.467 e. The molecule has 0 saturated heterocycles. The molecule has 0 aromatic carbocycles. The number of furan rings is 1. The maximum Gasteiger partial charge on any atom is 0.223 e. The number of carbonyl (C=O) groups excluding carboxylic acids is 1. The number of hydrogen-bond donors (Lipinski definition) is 0. The van der Waals surface area contributed by atoms with Crippen molar-refractivity contribution in [3.8, 4) is 0 Å². The van der Waals surface area contributed by atoms with Gasteiger partial charge in [-0.25, -0.2) is 0 Å². The highest BCUT2D eigenvalue weighted by Crippen LogP contribution is 2.31. The Morgan fingerprint density at radius 2 is 2.28 bits per heavy atom. The number of nitrogens with zero attached hydrogens (tertiary/aromatic N) is 1. The standard InChI is InChI=1S/C15H19NO2/c17-15(10-12-4-1-2-5-12)16(13-7-8-13)11-14-6-3-9-18-14/h1,3-4,6,9,12-13H,2,5,7-8,10-11H2/t12-/m1/s1. The van der Waals surface area contributed by atoms with Gasteiger partial charge in [-0.15, -0.1) is 0 Å². The van der Waals surface area contributed by atoms with Crippen LogP contribution in [-0.4, -0.2) is 16.8 Å². The second kappa shape index (κ2) is 5.01. The Kier molecular flexibility index (Phi) is 3.22. The summed E-state index contributed by atoms with van der Waals surface area (Å²) in [6.45, 7) is 0.632. The Labute approximate surface area is 107 Å². The second-order valence-corrected chi connectivity index (χ2v) is 5.30. The molecule has 0 radical (unpaired) electrons. The maximum atomic E-state index is 12.4. The van der Waals surface area contributed by atoms with E-state index in [1.54, 1.807) is 6.26 Å². The third-order valence-corrected chi connectivity index (χ3v) is 3.76. The van der Waals surface area contributed by atoms with Gasteiger partial charge in [0.1, 0.15) is 5.76 Å². The van der Waals surface area contributed by atoms with E-state index in [-0.39, 0.29) is 5.91 Å². The molecule has 0 unspecified atom stereocenters. The molecule has 1 aromatic heterocycles. The van der Waals surface area contributed by atoms with Gasteiger partial charge in [-0.1, -0.05) is 12.2 Å². The van der Waals surface area contributed by atoms with E-state index >= 15 is 0 Å². The van der Waals surface area contributed by atoms with E-state index < -0.39 is 0 Å². The molecular weight excluding hydrogens is 226 g/mol. The van der Waals surface area contributed by atoms with Gasteiger partial charge < -0.3 is 9.32 Å². The zero-order valence-electron chi connectivity index (χ0n) is 10.5. The lowest BCUT2D eigenvalue weighted by Crippen LogP contribution is -2.33. The zero-order valence-corrected chi connectivity index (χ0v) is 10.5. The fourth-order valence-corrected chi connectivity index (χ4v) is 2.58. The summed E-state index contributed by atoms with van der Waals surface area (Å²) in [5.41, 5.74) is 0. The summed E-state index contributed by atoms with van der Waals surface area (Å²) >= 11 is 0. The van der Waals surface area contributed by atoms with Crippen molar-refractivity contribution >= 4 is 5.91 Å². The van der Waals surface area contributed by atoms with Crippen LogP contribution in [0, 0.1) is 5.92 Å². The van der Waals surface area contributed by atoms with E-state index in [0.717, 1.165) is 31.4 Å². The van der Waals surface area contributed by atoms with Crippen LogP contribution < -0.4 is 0 Å². The first-order valence-corrected chi connectivity index (χ1v) is 6.81. The van der Waals surface area contributed by atoms with Crippen LogP contribution in [0.2, 0.25) is 0 Å². The molecule has 2 aliphatic carbocycles. The maximum absolute atomic E-state index is 12.4. The molecule has 1 amide bonds. The largest absolute Gasteiger partial charge is 0.467 e. The number of allylic oxidation sites excluding steroid dienone is 2. The molecule has 3 nitrogen and oxygen atoms in total. The summed E-state index contributed by atoms with van der Waals surface area (Å²) in [6, 6.07) is 4.27. The third kappa shape index (κ3) is 2.66. The molecule has 1 fully saturated rings. The number of rotatable bonds is 5. The normalized spacial score (nSPS) is 22.3. The zero-order chi connectivity index (χ0) is 12.4. The lowest BCUT2D eigenvalue weighted by molar-refractivity contribution is -0.133. The molecule has 1 saturated carbocycles. The van der Waals surface area contributed by atoms with Crippen LogP contribution in [0.5, 0.6) is 0 Å². The van der Waals surface area contributed by atoms with Crippen molar-refractivity contribution < 1.29 is 9.21 Å². The summed E-state index contributed by atoms with van der Waals surface area (Å²) in [6.07, 6.45) is 11.3. The summed E-state index contributed by atoms with van der Waals surface area (Å²) in [7, 11) is 0. The van der Waals surface area contributed by atoms with Crippen LogP contribution in [0.25, 0.3) is 0 Å². The van der Waals surface area contributed by atoms with Crippen LogP contribution >= 0.6 is 0 Å². The number of hydrogen-bond acceptors (Lipinski definition) is 2. The fourth-order valence-electron chi connectivity index (χ4n) is 2.58. The third-order valence-electron chi connectivity index (χ3n) is 3.76. The van der Waals surface area contributed by atoms with Crippen LogP contribution in [0.1, 0.15) is 37.9 Å². The Morgan fingerprint density at radius 3 is 2.89 bits per heavy atom. The minimum absolute atomic E-state index is 0.283. The molecule has 3 rings (SSSR count). The van der Waals surface area contributed by atoms with Crippen LogP contribution in [0.4, 0.5) is 0 Å². The molecule has 3 heteroatoms. The molecule has 1 atom stereocenters. The van der Waals surface area contributed by atoms with Gasteiger partial charge in [0.15, 0.2) is 0 Å². The highest BCUT2D eigenvalue weighted by Gasteiger charge is 2.33. The quantitative estimate of drug-likeness (QED) is 0.747. The van der Waals surface area contributed by atoms with Gasteiger partial charge in [0, 0.05) is 12.5 Å². The topological polar surface area (TPSA) is 33.5 Å². The summed E-state index contributed by atoms with van der Waals surface area (Å²) in [5.74, 6) is 1.62. The molecule has 96 valence electrons. The van der Waals surface area contributed by atoms with Gasteiger partial charge in [-0.2, -0.15) is 0 Å². The van der Waals surface area contributed by atoms with Gasteiger partial charge in [-0.05, 0) is 43.7 Å². The Bertz CT molecular complexity index is 431. The van der Waals surface area contributed by atoms with E-state index in [4.69, 9.17) is 4.42 Å². The minimum atomic E-state index is 0.283. The first kappa shape index (κ1) is 11.6. The van der Waals surface area contributed by atoms with E-state index in [2.05, 4.69) is 12.2 Å². The lowest BCUT2D eigenvalue weighted by Gasteiger charge is -2.22. The van der Waals surface area contributed by atoms with Crippen LogP contribution in [0.15, 0.2) is 35.0 Å². The smallest absolute Gasteiger partial charge is 0.223 e. The van der Waals surface area contributed by atoms with Crippen molar-refractivity contribution in [1.82, 2.24) is 4.90 Å². The molecule has 18 heavy (non-hydrogen) atoms. The molecule has 1 heterocycles.